The zero-order valence-corrected chi connectivity index (χ0v) is 6.61. The number of nitrogens with zero attached hydrogens (tertiary/aromatic N) is 3. The molecule has 0 aliphatic carbocycles. The lowest BCUT2D eigenvalue weighted by Crippen LogP contribution is -2.10. The van der Waals surface area contributed by atoms with E-state index in [1.54, 1.807) is 11.9 Å². The minimum Gasteiger partial charge on any atom is -0.473 e. The van der Waals surface area contributed by atoms with Crippen molar-refractivity contribution >= 4 is 11.8 Å². The number of nitrogens with one attached hydrogen (secondary N) is 1. The largest absolute Gasteiger partial charge is 0.473 e. The van der Waals surface area contributed by atoms with Crippen molar-refractivity contribution in [2.75, 3.05) is 13.2 Å². The summed E-state index contributed by atoms with van der Waals surface area (Å²) in [7, 11) is 0. The number of aliphatic hydroxyl groups is 1. The highest BCUT2D eigenvalue weighted by Gasteiger charge is 2.07. The normalized spacial score (nSPS) is 9.31. The first-order valence-electron chi connectivity index (χ1n) is 3.20. The molecule has 66 valence electrons. The van der Waals surface area contributed by atoms with E-state index < -0.39 is 0 Å². The van der Waals surface area contributed by atoms with Gasteiger partial charge in [0.1, 0.15) is 12.7 Å². The van der Waals surface area contributed by atoms with E-state index in [1.165, 1.54) is 6.19 Å². The van der Waals surface area contributed by atoms with E-state index in [2.05, 4.69) is 4.99 Å². The molecular formula is C7H6N4O2. The number of nitriles is 2. The first kappa shape index (κ1) is 10.9. The molecule has 13 heavy (non-hydrogen) atoms. The summed E-state index contributed by atoms with van der Waals surface area (Å²) in [4.78, 5) is 3.15. The van der Waals surface area contributed by atoms with E-state index in [-0.39, 0.29) is 24.7 Å². The molecule has 0 atom stereocenters. The quantitative estimate of drug-likeness (QED) is 0.264. The number of rotatable bonds is 3. The molecule has 0 spiro atoms. The first-order valence-corrected chi connectivity index (χ1v) is 3.20. The average Bonchev–Trinajstić information content (AvgIpc) is 2.16. The maximum atomic E-state index is 8.42. The van der Waals surface area contributed by atoms with Crippen LogP contribution in [0.4, 0.5) is 0 Å². The van der Waals surface area contributed by atoms with Gasteiger partial charge in [-0.25, -0.2) is 0 Å². The SMILES string of the molecule is N#CN=C(OCCO)C(=C=N)C#N. The minimum absolute atomic E-state index is 0.0899. The number of hydrogen-bond acceptors (Lipinski definition) is 6. The van der Waals surface area contributed by atoms with Gasteiger partial charge in [-0.1, -0.05) is 0 Å². The summed E-state index contributed by atoms with van der Waals surface area (Å²) in [5, 5.41) is 31.7. The smallest absolute Gasteiger partial charge is 0.252 e. The Morgan fingerprint density at radius 3 is 2.62 bits per heavy atom. The molecule has 0 saturated heterocycles. The summed E-state index contributed by atoms with van der Waals surface area (Å²) in [5.74, 6) is 1.47. The third-order valence-corrected chi connectivity index (χ3v) is 0.932. The number of aliphatic hydroxyl groups excluding tert-OH is 1. The van der Waals surface area contributed by atoms with Gasteiger partial charge in [-0.2, -0.15) is 10.5 Å². The molecule has 0 aliphatic heterocycles. The summed E-state index contributed by atoms with van der Waals surface area (Å²) in [6.07, 6.45) is 1.41. The van der Waals surface area contributed by atoms with Crippen molar-refractivity contribution in [3.63, 3.8) is 0 Å². The van der Waals surface area contributed by atoms with E-state index >= 15 is 0 Å². The molecule has 0 amide bonds. The molecule has 0 aliphatic rings. The van der Waals surface area contributed by atoms with Gasteiger partial charge in [0.2, 0.25) is 6.19 Å². The summed E-state index contributed by atoms with van der Waals surface area (Å²) in [6, 6.07) is 1.58. The van der Waals surface area contributed by atoms with Crippen LogP contribution in [0.15, 0.2) is 10.6 Å². The summed E-state index contributed by atoms with van der Waals surface area (Å²) in [6.45, 7) is -0.353. The minimum atomic E-state index is -0.297. The van der Waals surface area contributed by atoms with Gasteiger partial charge in [0.25, 0.3) is 5.90 Å². The van der Waals surface area contributed by atoms with Crippen LogP contribution in [0.5, 0.6) is 0 Å². The third kappa shape index (κ3) is 3.68. The Morgan fingerprint density at radius 1 is 1.54 bits per heavy atom. The van der Waals surface area contributed by atoms with E-state index in [0.29, 0.717) is 0 Å². The lowest BCUT2D eigenvalue weighted by molar-refractivity contribution is 0.194. The highest BCUT2D eigenvalue weighted by Crippen LogP contribution is 1.94. The first-order chi connectivity index (χ1) is 6.29. The maximum Gasteiger partial charge on any atom is 0.252 e. The van der Waals surface area contributed by atoms with E-state index in [0.717, 1.165) is 0 Å². The summed E-state index contributed by atoms with van der Waals surface area (Å²) >= 11 is 0. The number of hydrogen-bond donors (Lipinski definition) is 2. The van der Waals surface area contributed by atoms with Crippen molar-refractivity contribution in [1.82, 2.24) is 0 Å². The van der Waals surface area contributed by atoms with Gasteiger partial charge in [-0.15, -0.1) is 4.99 Å². The topological polar surface area (TPSA) is 113 Å². The van der Waals surface area contributed by atoms with Crippen molar-refractivity contribution in [3.8, 4) is 12.3 Å². The molecule has 0 aromatic carbocycles. The van der Waals surface area contributed by atoms with Crippen LogP contribution in [0.25, 0.3) is 0 Å². The lowest BCUT2D eigenvalue weighted by Gasteiger charge is -2.01. The predicted octanol–water partition coefficient (Wildman–Crippen LogP) is -0.427. The number of aliphatic imine (C=N–C) groups is 1. The molecule has 0 radical (unpaired) electrons. The van der Waals surface area contributed by atoms with E-state index in [9.17, 15) is 0 Å². The molecule has 0 unspecified atom stereocenters. The monoisotopic (exact) mass is 178 g/mol. The van der Waals surface area contributed by atoms with Gasteiger partial charge in [-0.05, 0) is 0 Å². The van der Waals surface area contributed by atoms with Crippen molar-refractivity contribution < 1.29 is 9.84 Å². The Labute approximate surface area is 74.5 Å². The molecule has 6 nitrogen and oxygen atoms in total. The fourth-order valence-corrected chi connectivity index (χ4v) is 0.477. The summed E-state index contributed by atoms with van der Waals surface area (Å²) in [5.41, 5.74) is -0.282. The molecule has 2 N–H and O–H groups in total. The van der Waals surface area contributed by atoms with Gasteiger partial charge < -0.3 is 9.84 Å². The second kappa shape index (κ2) is 6.56. The van der Waals surface area contributed by atoms with E-state index in [1.807, 2.05) is 0 Å². The Morgan fingerprint density at radius 2 is 2.23 bits per heavy atom. The Balaban J connectivity index is 4.66. The number of ether oxygens (including phenoxy) is 1. The molecule has 0 aromatic rings. The van der Waals surface area contributed by atoms with Gasteiger partial charge in [0, 0.05) is 5.87 Å². The Hall–Kier alpha value is -2.14. The molecule has 0 saturated carbocycles. The van der Waals surface area contributed by atoms with Gasteiger partial charge in [0.05, 0.1) is 6.61 Å². The van der Waals surface area contributed by atoms with Crippen LogP contribution >= 0.6 is 0 Å². The summed E-state index contributed by atoms with van der Waals surface area (Å²) < 4.78 is 4.71. The Bertz CT molecular complexity index is 327. The van der Waals surface area contributed by atoms with Crippen molar-refractivity contribution in [1.29, 1.82) is 15.9 Å². The third-order valence-electron chi connectivity index (χ3n) is 0.932. The zero-order chi connectivity index (χ0) is 10.1. The molecule has 0 fully saturated rings. The van der Waals surface area contributed by atoms with Crippen molar-refractivity contribution in [2.45, 2.75) is 0 Å². The van der Waals surface area contributed by atoms with Crippen LogP contribution in [0.2, 0.25) is 0 Å². The molecule has 0 aromatic heterocycles. The second-order valence-electron chi connectivity index (χ2n) is 1.70. The van der Waals surface area contributed by atoms with Crippen LogP contribution < -0.4 is 0 Å². The van der Waals surface area contributed by atoms with Crippen LogP contribution in [0, 0.1) is 28.2 Å². The van der Waals surface area contributed by atoms with Gasteiger partial charge in [-0.3, -0.25) is 5.41 Å². The van der Waals surface area contributed by atoms with Crippen LogP contribution in [0.1, 0.15) is 0 Å². The van der Waals surface area contributed by atoms with Crippen LogP contribution in [-0.2, 0) is 4.74 Å². The van der Waals surface area contributed by atoms with Crippen molar-refractivity contribution in [3.05, 3.63) is 5.57 Å². The highest BCUT2D eigenvalue weighted by molar-refractivity contribution is 6.05. The van der Waals surface area contributed by atoms with Crippen LogP contribution in [-0.4, -0.2) is 30.1 Å². The van der Waals surface area contributed by atoms with E-state index in [4.69, 9.17) is 25.8 Å². The molecule has 0 rings (SSSR count). The molecule has 0 bridgehead atoms. The average molecular weight is 178 g/mol. The van der Waals surface area contributed by atoms with Crippen molar-refractivity contribution in [2.24, 2.45) is 4.99 Å². The van der Waals surface area contributed by atoms with Gasteiger partial charge >= 0.3 is 0 Å². The Kier molecular flexibility index (Phi) is 5.48. The fraction of sp³-hybridized carbons (Fsp3) is 0.286. The highest BCUT2D eigenvalue weighted by atomic mass is 16.5. The molecule has 0 heterocycles. The molecule has 6 heteroatoms. The van der Waals surface area contributed by atoms with Gasteiger partial charge in [0.15, 0.2) is 5.57 Å². The fourth-order valence-electron chi connectivity index (χ4n) is 0.477. The standard InChI is InChI=1S/C7H6N4O2/c8-3-6(4-9)7(11-5-10)13-2-1-12/h8,12H,1-2H2. The molecular weight excluding hydrogens is 172 g/mol. The lowest BCUT2D eigenvalue weighted by atomic mass is 10.3. The maximum absolute atomic E-state index is 8.42. The zero-order valence-electron chi connectivity index (χ0n) is 6.61. The second-order valence-corrected chi connectivity index (χ2v) is 1.70. The van der Waals surface area contributed by atoms with Crippen LogP contribution in [0.3, 0.4) is 0 Å². The predicted molar refractivity (Wildman–Crippen MR) is 42.9 cm³/mol.